The van der Waals surface area contributed by atoms with Crippen LogP contribution in [0.3, 0.4) is 0 Å². The second kappa shape index (κ2) is 5.93. The average molecular weight is 321 g/mol. The van der Waals surface area contributed by atoms with Gasteiger partial charge in [0.2, 0.25) is 0 Å². The molecular formula is C20H23N3O. The number of hydrogen-bond acceptors (Lipinski definition) is 3. The molecule has 24 heavy (non-hydrogen) atoms. The summed E-state index contributed by atoms with van der Waals surface area (Å²) in [5.41, 5.74) is 2.94. The molecule has 2 unspecified atom stereocenters. The summed E-state index contributed by atoms with van der Waals surface area (Å²) in [6.45, 7) is 6.33. The fraction of sp³-hybridized carbons (Fsp3) is 0.400. The Morgan fingerprint density at radius 3 is 2.67 bits per heavy atom. The molecule has 0 radical (unpaired) electrons. The molecule has 4 rings (SSSR count). The Balaban J connectivity index is 1.54. The third-order valence-corrected chi connectivity index (χ3v) is 5.56. The molecule has 2 atom stereocenters. The van der Waals surface area contributed by atoms with Gasteiger partial charge in [0.15, 0.2) is 0 Å². The number of benzene rings is 1. The summed E-state index contributed by atoms with van der Waals surface area (Å²) in [5, 5.41) is 0. The van der Waals surface area contributed by atoms with Crippen molar-refractivity contribution in [3.05, 3.63) is 53.7 Å². The molecule has 1 fully saturated rings. The van der Waals surface area contributed by atoms with E-state index in [-0.39, 0.29) is 5.91 Å². The number of hydrogen-bond donors (Lipinski definition) is 0. The van der Waals surface area contributed by atoms with E-state index in [1.807, 2.05) is 35.2 Å². The summed E-state index contributed by atoms with van der Waals surface area (Å²) in [7, 11) is 0. The lowest BCUT2D eigenvalue weighted by Crippen LogP contribution is -2.31. The third kappa shape index (κ3) is 2.46. The number of carbonyl (C=O) groups excluding carboxylic acids is 1. The number of pyridine rings is 1. The van der Waals surface area contributed by atoms with Crippen molar-refractivity contribution in [1.29, 1.82) is 0 Å². The smallest absolute Gasteiger partial charge is 0.259 e. The van der Waals surface area contributed by atoms with Crippen molar-refractivity contribution >= 4 is 17.4 Å². The van der Waals surface area contributed by atoms with Crippen LogP contribution in [0.2, 0.25) is 0 Å². The number of amides is 1. The monoisotopic (exact) mass is 321 g/mol. The summed E-state index contributed by atoms with van der Waals surface area (Å²) in [6, 6.07) is 12.5. The second-order valence-corrected chi connectivity index (χ2v) is 6.94. The van der Waals surface area contributed by atoms with E-state index >= 15 is 0 Å². The van der Waals surface area contributed by atoms with Crippen molar-refractivity contribution in [1.82, 2.24) is 4.98 Å². The van der Waals surface area contributed by atoms with Crippen molar-refractivity contribution < 1.29 is 4.79 Å². The molecule has 124 valence electrons. The van der Waals surface area contributed by atoms with Gasteiger partial charge in [-0.1, -0.05) is 25.1 Å². The van der Waals surface area contributed by atoms with Gasteiger partial charge in [-0.15, -0.1) is 0 Å². The molecule has 4 nitrogen and oxygen atoms in total. The normalized spacial score (nSPS) is 22.8. The number of rotatable bonds is 2. The lowest BCUT2D eigenvalue weighted by Gasteiger charge is -2.24. The van der Waals surface area contributed by atoms with Gasteiger partial charge in [0.1, 0.15) is 5.82 Å². The predicted octanol–water partition coefficient (Wildman–Crippen LogP) is 3.52. The number of para-hydroxylation sites is 1. The second-order valence-electron chi connectivity index (χ2n) is 6.94. The highest BCUT2D eigenvalue weighted by molar-refractivity contribution is 6.07. The van der Waals surface area contributed by atoms with E-state index < -0.39 is 0 Å². The van der Waals surface area contributed by atoms with E-state index in [2.05, 4.69) is 29.8 Å². The summed E-state index contributed by atoms with van der Waals surface area (Å²) in [5.74, 6) is 1.71. The Morgan fingerprint density at radius 1 is 1.12 bits per heavy atom. The predicted molar refractivity (Wildman–Crippen MR) is 96.6 cm³/mol. The van der Waals surface area contributed by atoms with E-state index in [9.17, 15) is 4.79 Å². The zero-order valence-electron chi connectivity index (χ0n) is 14.3. The van der Waals surface area contributed by atoms with Gasteiger partial charge >= 0.3 is 0 Å². The number of anilines is 2. The zero-order chi connectivity index (χ0) is 16.7. The first kappa shape index (κ1) is 15.2. The first-order chi connectivity index (χ1) is 11.6. The van der Waals surface area contributed by atoms with Crippen LogP contribution in [0.4, 0.5) is 11.5 Å². The highest BCUT2D eigenvalue weighted by atomic mass is 16.2. The van der Waals surface area contributed by atoms with Gasteiger partial charge in [0.05, 0.1) is 5.56 Å². The van der Waals surface area contributed by atoms with Crippen LogP contribution in [-0.2, 0) is 6.42 Å². The quantitative estimate of drug-likeness (QED) is 0.849. The molecule has 1 aromatic heterocycles. The van der Waals surface area contributed by atoms with E-state index in [1.54, 1.807) is 6.20 Å². The summed E-state index contributed by atoms with van der Waals surface area (Å²) in [6.07, 6.45) is 3.86. The van der Waals surface area contributed by atoms with E-state index in [0.717, 1.165) is 31.0 Å². The number of nitrogens with zero attached hydrogens (tertiary/aromatic N) is 3. The molecule has 2 aliphatic heterocycles. The van der Waals surface area contributed by atoms with Gasteiger partial charge in [-0.3, -0.25) is 4.79 Å². The first-order valence-corrected chi connectivity index (χ1v) is 8.77. The largest absolute Gasteiger partial charge is 0.354 e. The van der Waals surface area contributed by atoms with Crippen molar-refractivity contribution in [3.63, 3.8) is 0 Å². The minimum Gasteiger partial charge on any atom is -0.354 e. The summed E-state index contributed by atoms with van der Waals surface area (Å²) < 4.78 is 0. The molecule has 1 saturated heterocycles. The molecule has 1 amide bonds. The van der Waals surface area contributed by atoms with Crippen molar-refractivity contribution in [2.45, 2.75) is 32.7 Å². The minimum atomic E-state index is 0.0434. The van der Waals surface area contributed by atoms with Crippen LogP contribution in [0.1, 0.15) is 36.2 Å². The molecule has 0 spiro atoms. The molecule has 1 aromatic carbocycles. The van der Waals surface area contributed by atoms with Gasteiger partial charge in [0, 0.05) is 31.0 Å². The Labute approximate surface area is 143 Å². The van der Waals surface area contributed by atoms with Gasteiger partial charge in [-0.05, 0) is 49.4 Å². The number of carbonyl (C=O) groups is 1. The van der Waals surface area contributed by atoms with E-state index in [4.69, 9.17) is 0 Å². The molecule has 4 heteroatoms. The highest BCUT2D eigenvalue weighted by Gasteiger charge is 2.29. The van der Waals surface area contributed by atoms with Crippen molar-refractivity contribution in [2.24, 2.45) is 5.92 Å². The summed E-state index contributed by atoms with van der Waals surface area (Å²) >= 11 is 0. The topological polar surface area (TPSA) is 36.4 Å². The number of fused-ring (bicyclic) bond motifs is 1. The number of aromatic nitrogens is 1. The standard InChI is InChI=1S/C20H23N3O/c1-14-9-11-22(15(14)2)19-8-7-17(13-21-19)20(24)23-12-10-16-5-3-4-6-18(16)23/h3-8,13-15H,9-12H2,1-2H3. The molecule has 0 N–H and O–H groups in total. The maximum Gasteiger partial charge on any atom is 0.259 e. The van der Waals surface area contributed by atoms with Crippen molar-refractivity contribution in [3.8, 4) is 0 Å². The molecule has 0 aliphatic carbocycles. The summed E-state index contributed by atoms with van der Waals surface area (Å²) in [4.78, 5) is 21.6. The van der Waals surface area contributed by atoms with Gasteiger partial charge in [0.25, 0.3) is 5.91 Å². The van der Waals surface area contributed by atoms with Crippen molar-refractivity contribution in [2.75, 3.05) is 22.9 Å². The van der Waals surface area contributed by atoms with Gasteiger partial charge in [-0.25, -0.2) is 4.98 Å². The van der Waals surface area contributed by atoms with E-state index in [0.29, 0.717) is 17.5 Å². The fourth-order valence-electron chi connectivity index (χ4n) is 3.81. The van der Waals surface area contributed by atoms with Crippen LogP contribution >= 0.6 is 0 Å². The lowest BCUT2D eigenvalue weighted by atomic mass is 10.1. The Kier molecular flexibility index (Phi) is 3.75. The first-order valence-electron chi connectivity index (χ1n) is 8.77. The Morgan fingerprint density at radius 2 is 1.96 bits per heavy atom. The van der Waals surface area contributed by atoms with Crippen LogP contribution in [0.5, 0.6) is 0 Å². The molecule has 2 aromatic rings. The van der Waals surface area contributed by atoms with Gasteiger partial charge in [-0.2, -0.15) is 0 Å². The van der Waals surface area contributed by atoms with Crippen LogP contribution in [0.15, 0.2) is 42.6 Å². The SMILES string of the molecule is CC1CCN(c2ccc(C(=O)N3CCc4ccccc43)cn2)C1C. The molecule has 0 bridgehead atoms. The molecule has 0 saturated carbocycles. The highest BCUT2D eigenvalue weighted by Crippen LogP contribution is 2.30. The molecule has 3 heterocycles. The minimum absolute atomic E-state index is 0.0434. The lowest BCUT2D eigenvalue weighted by molar-refractivity contribution is 0.0989. The third-order valence-electron chi connectivity index (χ3n) is 5.56. The Bertz CT molecular complexity index is 756. The Hall–Kier alpha value is -2.36. The maximum absolute atomic E-state index is 12.8. The van der Waals surface area contributed by atoms with Crippen LogP contribution in [0.25, 0.3) is 0 Å². The van der Waals surface area contributed by atoms with Crippen LogP contribution in [-0.4, -0.2) is 30.0 Å². The van der Waals surface area contributed by atoms with Crippen LogP contribution < -0.4 is 9.80 Å². The van der Waals surface area contributed by atoms with Gasteiger partial charge < -0.3 is 9.80 Å². The molecule has 2 aliphatic rings. The molecular weight excluding hydrogens is 298 g/mol. The van der Waals surface area contributed by atoms with E-state index in [1.165, 1.54) is 12.0 Å². The zero-order valence-corrected chi connectivity index (χ0v) is 14.3. The fourth-order valence-corrected chi connectivity index (χ4v) is 3.81. The average Bonchev–Trinajstić information content (AvgIpc) is 3.19. The van der Waals surface area contributed by atoms with Crippen LogP contribution in [0, 0.1) is 5.92 Å². The maximum atomic E-state index is 12.8.